The molecule has 0 spiro atoms. The number of nitrogens with zero attached hydrogens (tertiary/aromatic N) is 3. The van der Waals surface area contributed by atoms with Crippen molar-refractivity contribution in [2.45, 2.75) is 6.54 Å². The fraction of sp³-hybridized carbons (Fsp3) is 0.136. The molecule has 31 heavy (non-hydrogen) atoms. The van der Waals surface area contributed by atoms with E-state index >= 15 is 0 Å². The van der Waals surface area contributed by atoms with Crippen LogP contribution < -0.4 is 10.9 Å². The van der Waals surface area contributed by atoms with Crippen LogP contribution in [0.3, 0.4) is 0 Å². The van der Waals surface area contributed by atoms with Crippen LogP contribution in [0.1, 0.15) is 20.7 Å². The van der Waals surface area contributed by atoms with Crippen LogP contribution in [0.5, 0.6) is 0 Å². The Hall–Kier alpha value is -4.14. The molecule has 4 rings (SSSR count). The summed E-state index contributed by atoms with van der Waals surface area (Å²) in [6.45, 7) is -0.133. The predicted molar refractivity (Wildman–Crippen MR) is 109 cm³/mol. The lowest BCUT2D eigenvalue weighted by atomic mass is 10.1. The van der Waals surface area contributed by atoms with Crippen LogP contribution >= 0.6 is 0 Å². The van der Waals surface area contributed by atoms with Gasteiger partial charge in [-0.2, -0.15) is 0 Å². The van der Waals surface area contributed by atoms with E-state index < -0.39 is 24.3 Å². The Labute approximate surface area is 176 Å². The van der Waals surface area contributed by atoms with Crippen molar-refractivity contribution in [3.63, 3.8) is 0 Å². The van der Waals surface area contributed by atoms with Gasteiger partial charge in [-0.3, -0.25) is 28.6 Å². The van der Waals surface area contributed by atoms with Gasteiger partial charge in [0.05, 0.1) is 23.1 Å². The van der Waals surface area contributed by atoms with E-state index in [1.54, 1.807) is 24.3 Å². The number of imide groups is 1. The van der Waals surface area contributed by atoms with E-state index in [1.165, 1.54) is 41.2 Å². The SMILES string of the molecule is O=C(CN1C(=O)c2ccccc2C1=O)NCCn1cnc(-c2ccc(F)cc2)cc1=O. The second-order valence-electron chi connectivity index (χ2n) is 6.90. The van der Waals surface area contributed by atoms with E-state index in [1.807, 2.05) is 0 Å². The number of nitrogens with one attached hydrogen (secondary N) is 1. The largest absolute Gasteiger partial charge is 0.353 e. The standard InChI is InChI=1S/C22H17FN4O4/c23-15-7-5-14(6-8-15)18-11-20(29)26(13-25-18)10-9-24-19(28)12-27-21(30)16-3-1-2-4-17(16)22(27)31/h1-8,11,13H,9-10,12H2,(H,24,28). The van der Waals surface area contributed by atoms with E-state index in [0.29, 0.717) is 11.3 Å². The maximum absolute atomic E-state index is 13.0. The monoisotopic (exact) mass is 420 g/mol. The molecule has 0 saturated heterocycles. The number of amides is 3. The first-order valence-electron chi connectivity index (χ1n) is 9.48. The van der Waals surface area contributed by atoms with Crippen LogP contribution in [0.25, 0.3) is 11.3 Å². The minimum Gasteiger partial charge on any atom is -0.353 e. The van der Waals surface area contributed by atoms with Gasteiger partial charge < -0.3 is 5.32 Å². The smallest absolute Gasteiger partial charge is 0.262 e. The van der Waals surface area contributed by atoms with Gasteiger partial charge in [-0.15, -0.1) is 0 Å². The van der Waals surface area contributed by atoms with Gasteiger partial charge in [-0.25, -0.2) is 9.37 Å². The number of rotatable bonds is 6. The number of fused-ring (bicyclic) bond motifs is 1. The number of hydrogen-bond donors (Lipinski definition) is 1. The normalized spacial score (nSPS) is 12.7. The van der Waals surface area contributed by atoms with Crippen molar-refractivity contribution in [3.05, 3.63) is 88.2 Å². The van der Waals surface area contributed by atoms with Crippen LogP contribution in [-0.4, -0.2) is 45.3 Å². The summed E-state index contributed by atoms with van der Waals surface area (Å²) in [6, 6.07) is 13.3. The Morgan fingerprint density at radius 3 is 2.23 bits per heavy atom. The zero-order valence-electron chi connectivity index (χ0n) is 16.2. The molecule has 1 aliphatic heterocycles. The third-order valence-electron chi connectivity index (χ3n) is 4.87. The Balaban J connectivity index is 1.33. The van der Waals surface area contributed by atoms with Crippen molar-refractivity contribution in [2.24, 2.45) is 0 Å². The van der Waals surface area contributed by atoms with Crippen LogP contribution in [-0.2, 0) is 11.3 Å². The molecule has 0 fully saturated rings. The molecule has 9 heteroatoms. The Morgan fingerprint density at radius 1 is 0.968 bits per heavy atom. The summed E-state index contributed by atoms with van der Waals surface area (Å²) in [5.41, 5.74) is 1.25. The number of hydrogen-bond acceptors (Lipinski definition) is 5. The zero-order valence-corrected chi connectivity index (χ0v) is 16.2. The third-order valence-corrected chi connectivity index (χ3v) is 4.87. The van der Waals surface area contributed by atoms with Gasteiger partial charge in [-0.05, 0) is 36.4 Å². The lowest BCUT2D eigenvalue weighted by molar-refractivity contribution is -0.121. The molecule has 2 aromatic carbocycles. The van der Waals surface area contributed by atoms with Crippen molar-refractivity contribution in [3.8, 4) is 11.3 Å². The molecule has 1 N–H and O–H groups in total. The Bertz CT molecular complexity index is 1200. The third kappa shape index (κ3) is 4.11. The molecule has 0 atom stereocenters. The highest BCUT2D eigenvalue weighted by molar-refractivity contribution is 6.22. The molecule has 2 heterocycles. The van der Waals surface area contributed by atoms with Gasteiger partial charge in [0, 0.05) is 24.7 Å². The minimum atomic E-state index is -0.515. The van der Waals surface area contributed by atoms with E-state index in [2.05, 4.69) is 10.3 Å². The van der Waals surface area contributed by atoms with Crippen LogP contribution in [0.15, 0.2) is 65.7 Å². The van der Waals surface area contributed by atoms with Gasteiger partial charge in [-0.1, -0.05) is 12.1 Å². The van der Waals surface area contributed by atoms with E-state index in [-0.39, 0.29) is 35.6 Å². The maximum atomic E-state index is 13.0. The highest BCUT2D eigenvalue weighted by atomic mass is 19.1. The van der Waals surface area contributed by atoms with Gasteiger partial charge in [0.2, 0.25) is 5.91 Å². The van der Waals surface area contributed by atoms with Gasteiger partial charge in [0.1, 0.15) is 12.4 Å². The number of carbonyl (C=O) groups excluding carboxylic acids is 3. The first-order chi connectivity index (χ1) is 14.9. The van der Waals surface area contributed by atoms with E-state index in [4.69, 9.17) is 0 Å². The van der Waals surface area contributed by atoms with Crippen LogP contribution in [0.2, 0.25) is 0 Å². The van der Waals surface area contributed by atoms with Gasteiger partial charge in [0.15, 0.2) is 0 Å². The molecular formula is C22H17FN4O4. The summed E-state index contributed by atoms with van der Waals surface area (Å²) in [4.78, 5) is 54.2. The summed E-state index contributed by atoms with van der Waals surface area (Å²) in [5.74, 6) is -1.91. The molecule has 3 aromatic rings. The van der Waals surface area contributed by atoms with Crippen molar-refractivity contribution in [1.82, 2.24) is 19.8 Å². The molecule has 156 valence electrons. The van der Waals surface area contributed by atoms with Crippen molar-refractivity contribution < 1.29 is 18.8 Å². The highest BCUT2D eigenvalue weighted by Gasteiger charge is 2.36. The summed E-state index contributed by atoms with van der Waals surface area (Å²) >= 11 is 0. The molecule has 1 aromatic heterocycles. The molecule has 1 aliphatic rings. The fourth-order valence-electron chi connectivity index (χ4n) is 3.27. The Morgan fingerprint density at radius 2 is 1.61 bits per heavy atom. The average Bonchev–Trinajstić information content (AvgIpc) is 3.00. The number of carbonyl (C=O) groups is 3. The summed E-state index contributed by atoms with van der Waals surface area (Å²) < 4.78 is 14.3. The second kappa shape index (κ2) is 8.31. The summed E-state index contributed by atoms with van der Waals surface area (Å²) in [7, 11) is 0. The Kier molecular flexibility index (Phi) is 5.40. The molecule has 0 radical (unpaired) electrons. The van der Waals surface area contributed by atoms with Gasteiger partial charge >= 0.3 is 0 Å². The number of aromatic nitrogens is 2. The van der Waals surface area contributed by atoms with Crippen molar-refractivity contribution >= 4 is 17.7 Å². The lowest BCUT2D eigenvalue weighted by Gasteiger charge is -2.14. The molecule has 0 unspecified atom stereocenters. The molecule has 0 bridgehead atoms. The predicted octanol–water partition coefficient (Wildman–Crippen LogP) is 1.46. The zero-order chi connectivity index (χ0) is 22.0. The van der Waals surface area contributed by atoms with Crippen molar-refractivity contribution in [2.75, 3.05) is 13.1 Å². The first-order valence-corrected chi connectivity index (χ1v) is 9.48. The van der Waals surface area contributed by atoms with E-state index in [0.717, 1.165) is 4.90 Å². The fourth-order valence-corrected chi connectivity index (χ4v) is 3.27. The molecule has 3 amide bonds. The maximum Gasteiger partial charge on any atom is 0.262 e. The molecular weight excluding hydrogens is 403 g/mol. The van der Waals surface area contributed by atoms with Crippen LogP contribution in [0, 0.1) is 5.82 Å². The summed E-state index contributed by atoms with van der Waals surface area (Å²) in [6.07, 6.45) is 1.34. The topological polar surface area (TPSA) is 101 Å². The molecule has 8 nitrogen and oxygen atoms in total. The van der Waals surface area contributed by atoms with E-state index in [9.17, 15) is 23.6 Å². The highest BCUT2D eigenvalue weighted by Crippen LogP contribution is 2.21. The lowest BCUT2D eigenvalue weighted by Crippen LogP contribution is -2.41. The number of halogens is 1. The molecule has 0 saturated carbocycles. The number of benzene rings is 2. The quantitative estimate of drug-likeness (QED) is 0.609. The minimum absolute atomic E-state index is 0.111. The van der Waals surface area contributed by atoms with Gasteiger partial charge in [0.25, 0.3) is 17.4 Å². The summed E-state index contributed by atoms with van der Waals surface area (Å²) in [5, 5.41) is 2.59. The second-order valence-corrected chi connectivity index (χ2v) is 6.90. The average molecular weight is 420 g/mol. The first kappa shape index (κ1) is 20.1. The van der Waals surface area contributed by atoms with Crippen molar-refractivity contribution in [1.29, 1.82) is 0 Å². The molecule has 0 aliphatic carbocycles. The van der Waals surface area contributed by atoms with Crippen LogP contribution in [0.4, 0.5) is 4.39 Å².